The topological polar surface area (TPSA) is 32.7 Å². The maximum Gasteiger partial charge on any atom is 0.142 e. The van der Waals surface area contributed by atoms with Gasteiger partial charge in [0, 0.05) is 25.6 Å². The van der Waals surface area contributed by atoms with E-state index in [9.17, 15) is 5.11 Å². The summed E-state index contributed by atoms with van der Waals surface area (Å²) in [6.45, 7) is 5.04. The van der Waals surface area contributed by atoms with Crippen LogP contribution in [0.1, 0.15) is 13.8 Å². The van der Waals surface area contributed by atoms with Gasteiger partial charge < -0.3 is 14.7 Å². The van der Waals surface area contributed by atoms with Gasteiger partial charge >= 0.3 is 0 Å². The van der Waals surface area contributed by atoms with E-state index in [4.69, 9.17) is 4.74 Å². The van der Waals surface area contributed by atoms with Gasteiger partial charge in [-0.05, 0) is 12.1 Å². The SMILES string of the molecule is COc1ccccc1N(C)CC(C)(C)CO. The number of rotatable bonds is 5. The van der Waals surface area contributed by atoms with Crippen molar-refractivity contribution in [2.45, 2.75) is 13.8 Å². The van der Waals surface area contributed by atoms with Gasteiger partial charge in [0.25, 0.3) is 0 Å². The van der Waals surface area contributed by atoms with Crippen molar-refractivity contribution >= 4 is 5.69 Å². The molecule has 0 saturated carbocycles. The van der Waals surface area contributed by atoms with Gasteiger partial charge in [0.05, 0.1) is 12.8 Å². The molecular formula is C13H21NO2. The molecule has 0 fully saturated rings. The molecule has 1 rings (SSSR count). The number of ether oxygens (including phenoxy) is 1. The zero-order valence-electron chi connectivity index (χ0n) is 10.5. The lowest BCUT2D eigenvalue weighted by Gasteiger charge is -2.30. The number of aliphatic hydroxyl groups excluding tert-OH is 1. The first-order chi connectivity index (χ1) is 7.50. The van der Waals surface area contributed by atoms with Crippen molar-refractivity contribution in [1.29, 1.82) is 0 Å². The molecule has 90 valence electrons. The van der Waals surface area contributed by atoms with Gasteiger partial charge in [-0.1, -0.05) is 26.0 Å². The van der Waals surface area contributed by atoms with Crippen LogP contribution in [0.15, 0.2) is 24.3 Å². The molecule has 0 radical (unpaired) electrons. The minimum Gasteiger partial charge on any atom is -0.495 e. The molecule has 0 heterocycles. The largest absolute Gasteiger partial charge is 0.495 e. The summed E-state index contributed by atoms with van der Waals surface area (Å²) in [6.07, 6.45) is 0. The molecule has 0 spiro atoms. The molecule has 0 saturated heterocycles. The fourth-order valence-electron chi connectivity index (χ4n) is 1.72. The Hall–Kier alpha value is -1.22. The molecule has 3 heteroatoms. The summed E-state index contributed by atoms with van der Waals surface area (Å²) in [5, 5.41) is 9.26. The van der Waals surface area contributed by atoms with Crippen molar-refractivity contribution in [2.75, 3.05) is 32.2 Å². The third-order valence-corrected chi connectivity index (χ3v) is 2.59. The average molecular weight is 223 g/mol. The van der Waals surface area contributed by atoms with Crippen molar-refractivity contribution in [2.24, 2.45) is 5.41 Å². The van der Waals surface area contributed by atoms with Crippen LogP contribution in [0, 0.1) is 5.41 Å². The summed E-state index contributed by atoms with van der Waals surface area (Å²) < 4.78 is 5.31. The van der Waals surface area contributed by atoms with Crippen molar-refractivity contribution in [3.05, 3.63) is 24.3 Å². The van der Waals surface area contributed by atoms with E-state index in [2.05, 4.69) is 4.90 Å². The molecule has 3 nitrogen and oxygen atoms in total. The monoisotopic (exact) mass is 223 g/mol. The van der Waals surface area contributed by atoms with Crippen LogP contribution >= 0.6 is 0 Å². The number of methoxy groups -OCH3 is 1. The second-order valence-corrected chi connectivity index (χ2v) is 4.85. The molecule has 0 aromatic heterocycles. The molecule has 0 aliphatic heterocycles. The minimum absolute atomic E-state index is 0.115. The second kappa shape index (κ2) is 5.21. The maximum absolute atomic E-state index is 9.26. The zero-order valence-corrected chi connectivity index (χ0v) is 10.5. The minimum atomic E-state index is -0.115. The maximum atomic E-state index is 9.26. The second-order valence-electron chi connectivity index (χ2n) is 4.85. The molecule has 0 bridgehead atoms. The first kappa shape index (κ1) is 12.8. The van der Waals surface area contributed by atoms with E-state index in [1.165, 1.54) is 0 Å². The van der Waals surface area contributed by atoms with Gasteiger partial charge in [0.1, 0.15) is 5.75 Å². The zero-order chi connectivity index (χ0) is 12.2. The van der Waals surface area contributed by atoms with Gasteiger partial charge in [-0.15, -0.1) is 0 Å². The number of nitrogens with zero attached hydrogens (tertiary/aromatic N) is 1. The summed E-state index contributed by atoms with van der Waals surface area (Å²) in [4.78, 5) is 2.11. The van der Waals surface area contributed by atoms with Crippen LogP contribution in [-0.4, -0.2) is 32.4 Å². The highest BCUT2D eigenvalue weighted by atomic mass is 16.5. The van der Waals surface area contributed by atoms with Gasteiger partial charge in [-0.3, -0.25) is 0 Å². The van der Waals surface area contributed by atoms with Gasteiger partial charge in [0.2, 0.25) is 0 Å². The third kappa shape index (κ3) is 3.14. The highest BCUT2D eigenvalue weighted by Gasteiger charge is 2.20. The molecule has 0 aliphatic carbocycles. The summed E-state index contributed by atoms with van der Waals surface area (Å²) >= 11 is 0. The average Bonchev–Trinajstić information content (AvgIpc) is 2.28. The predicted octanol–water partition coefficient (Wildman–Crippen LogP) is 2.15. The molecule has 0 aliphatic rings. The smallest absolute Gasteiger partial charge is 0.142 e. The Labute approximate surface area is 97.7 Å². The molecule has 0 amide bonds. The summed E-state index contributed by atoms with van der Waals surface area (Å²) in [5.41, 5.74) is 0.932. The highest BCUT2D eigenvalue weighted by Crippen LogP contribution is 2.28. The lowest BCUT2D eigenvalue weighted by molar-refractivity contribution is 0.165. The molecule has 1 aromatic carbocycles. The van der Waals surface area contributed by atoms with Crippen LogP contribution in [0.3, 0.4) is 0 Å². The summed E-state index contributed by atoms with van der Waals surface area (Å²) in [7, 11) is 3.68. The number of aliphatic hydroxyl groups is 1. The number of hydrogen-bond acceptors (Lipinski definition) is 3. The van der Waals surface area contributed by atoms with E-state index in [-0.39, 0.29) is 12.0 Å². The van der Waals surface area contributed by atoms with E-state index in [1.807, 2.05) is 45.2 Å². The molecule has 1 N–H and O–H groups in total. The van der Waals surface area contributed by atoms with Crippen LogP contribution in [0.5, 0.6) is 5.75 Å². The van der Waals surface area contributed by atoms with Gasteiger partial charge in [-0.25, -0.2) is 0 Å². The number of anilines is 1. The summed E-state index contributed by atoms with van der Waals surface area (Å²) in [6, 6.07) is 7.90. The van der Waals surface area contributed by atoms with Crippen LogP contribution in [0.4, 0.5) is 5.69 Å². The fourth-order valence-corrected chi connectivity index (χ4v) is 1.72. The number of para-hydroxylation sites is 2. The van der Waals surface area contributed by atoms with Crippen molar-refractivity contribution in [1.82, 2.24) is 0 Å². The van der Waals surface area contributed by atoms with Gasteiger partial charge in [0.15, 0.2) is 0 Å². The normalized spacial score (nSPS) is 11.3. The Morgan fingerprint density at radius 3 is 2.50 bits per heavy atom. The Bertz CT molecular complexity index is 336. The quantitative estimate of drug-likeness (QED) is 0.830. The van der Waals surface area contributed by atoms with Gasteiger partial charge in [-0.2, -0.15) is 0 Å². The third-order valence-electron chi connectivity index (χ3n) is 2.59. The molecular weight excluding hydrogens is 202 g/mol. The van der Waals surface area contributed by atoms with E-state index in [0.29, 0.717) is 0 Å². The summed E-state index contributed by atoms with van der Waals surface area (Å²) in [5.74, 6) is 0.860. The standard InChI is InChI=1S/C13H21NO2/c1-13(2,10-15)9-14(3)11-7-5-6-8-12(11)16-4/h5-8,15H,9-10H2,1-4H3. The molecule has 16 heavy (non-hydrogen) atoms. The molecule has 0 atom stereocenters. The van der Waals surface area contributed by atoms with E-state index in [1.54, 1.807) is 7.11 Å². The van der Waals surface area contributed by atoms with Crippen LogP contribution in [0.2, 0.25) is 0 Å². The molecule has 1 aromatic rings. The number of benzene rings is 1. The Morgan fingerprint density at radius 1 is 1.31 bits per heavy atom. The predicted molar refractivity (Wildman–Crippen MR) is 67.1 cm³/mol. The van der Waals surface area contributed by atoms with E-state index >= 15 is 0 Å². The van der Waals surface area contributed by atoms with Crippen LogP contribution < -0.4 is 9.64 Å². The first-order valence-electron chi connectivity index (χ1n) is 5.45. The highest BCUT2D eigenvalue weighted by molar-refractivity contribution is 5.57. The van der Waals surface area contributed by atoms with E-state index < -0.39 is 0 Å². The van der Waals surface area contributed by atoms with E-state index in [0.717, 1.165) is 18.0 Å². The Balaban J connectivity index is 2.84. The lowest BCUT2D eigenvalue weighted by atomic mass is 9.94. The van der Waals surface area contributed by atoms with Crippen molar-refractivity contribution in [3.63, 3.8) is 0 Å². The lowest BCUT2D eigenvalue weighted by Crippen LogP contribution is -2.34. The van der Waals surface area contributed by atoms with Crippen molar-refractivity contribution < 1.29 is 9.84 Å². The number of hydrogen-bond donors (Lipinski definition) is 1. The Kier molecular flexibility index (Phi) is 4.19. The fraction of sp³-hybridized carbons (Fsp3) is 0.538. The first-order valence-corrected chi connectivity index (χ1v) is 5.45. The van der Waals surface area contributed by atoms with Crippen LogP contribution in [-0.2, 0) is 0 Å². The van der Waals surface area contributed by atoms with Crippen LogP contribution in [0.25, 0.3) is 0 Å². The molecule has 0 unspecified atom stereocenters. The van der Waals surface area contributed by atoms with Crippen molar-refractivity contribution in [3.8, 4) is 5.75 Å². The Morgan fingerprint density at radius 2 is 1.94 bits per heavy atom.